The number of amides is 2. The maximum absolute atomic E-state index is 13.1. The number of benzene rings is 3. The lowest BCUT2D eigenvalue weighted by molar-refractivity contribution is -0.136. The Morgan fingerprint density at radius 2 is 1.56 bits per heavy atom. The second-order valence-corrected chi connectivity index (χ2v) is 9.44. The van der Waals surface area contributed by atoms with Gasteiger partial charge in [-0.3, -0.25) is 9.59 Å². The molecule has 2 atom stereocenters. The van der Waals surface area contributed by atoms with Gasteiger partial charge in [-0.05, 0) is 58.0 Å². The second kappa shape index (κ2) is 10.9. The van der Waals surface area contributed by atoms with E-state index in [9.17, 15) is 9.59 Å². The van der Waals surface area contributed by atoms with Gasteiger partial charge >= 0.3 is 0 Å². The normalized spacial score (nSPS) is 17.5. The van der Waals surface area contributed by atoms with Crippen LogP contribution >= 0.6 is 0 Å². The van der Waals surface area contributed by atoms with Gasteiger partial charge < -0.3 is 24.4 Å². The summed E-state index contributed by atoms with van der Waals surface area (Å²) in [6, 6.07) is 16.2. The molecule has 1 heterocycles. The van der Waals surface area contributed by atoms with E-state index in [4.69, 9.17) is 14.2 Å². The zero-order valence-corrected chi connectivity index (χ0v) is 21.6. The van der Waals surface area contributed by atoms with E-state index in [1.165, 1.54) is 0 Å². The first kappa shape index (κ1) is 25.4. The smallest absolute Gasteiger partial charge is 0.227 e. The average Bonchev–Trinajstić information content (AvgIpc) is 2.90. The van der Waals surface area contributed by atoms with Gasteiger partial charge in [-0.2, -0.15) is 0 Å². The van der Waals surface area contributed by atoms with Crippen molar-refractivity contribution in [3.8, 4) is 28.4 Å². The van der Waals surface area contributed by atoms with Crippen LogP contribution in [0.4, 0.5) is 0 Å². The van der Waals surface area contributed by atoms with Crippen LogP contribution < -0.4 is 19.5 Å². The van der Waals surface area contributed by atoms with E-state index in [1.54, 1.807) is 28.4 Å². The fourth-order valence-electron chi connectivity index (χ4n) is 5.07. The van der Waals surface area contributed by atoms with Crippen LogP contribution in [0.1, 0.15) is 18.9 Å². The van der Waals surface area contributed by atoms with Crippen molar-refractivity contribution < 1.29 is 23.8 Å². The maximum atomic E-state index is 13.1. The number of nitrogens with zero attached hydrogens (tertiary/aromatic N) is 1. The lowest BCUT2D eigenvalue weighted by Gasteiger charge is -2.35. The molecule has 0 aromatic heterocycles. The van der Waals surface area contributed by atoms with E-state index >= 15 is 0 Å². The number of fused-ring (bicyclic) bond motifs is 1. The van der Waals surface area contributed by atoms with Gasteiger partial charge in [0.1, 0.15) is 0 Å². The first-order chi connectivity index (χ1) is 17.4. The number of piperidine rings is 1. The second-order valence-electron chi connectivity index (χ2n) is 9.44. The average molecular weight is 491 g/mol. The van der Waals surface area contributed by atoms with Crippen molar-refractivity contribution in [2.45, 2.75) is 19.8 Å². The van der Waals surface area contributed by atoms with E-state index < -0.39 is 0 Å². The highest BCUT2D eigenvalue weighted by molar-refractivity contribution is 5.90. The van der Waals surface area contributed by atoms with E-state index in [2.05, 4.69) is 36.5 Å². The van der Waals surface area contributed by atoms with Gasteiger partial charge in [-0.1, -0.05) is 37.3 Å². The van der Waals surface area contributed by atoms with E-state index in [-0.39, 0.29) is 17.7 Å². The van der Waals surface area contributed by atoms with Gasteiger partial charge in [0.2, 0.25) is 17.6 Å². The number of ether oxygens (including phenoxy) is 3. The molecule has 1 saturated heterocycles. The van der Waals surface area contributed by atoms with Crippen LogP contribution in [0.5, 0.6) is 17.2 Å². The number of carbonyl (C=O) groups is 2. The van der Waals surface area contributed by atoms with Gasteiger partial charge in [0, 0.05) is 20.1 Å². The Kier molecular flexibility index (Phi) is 7.67. The molecular formula is C29H34N2O5. The highest BCUT2D eigenvalue weighted by Crippen LogP contribution is 2.41. The molecule has 4 rings (SSSR count). The molecule has 0 radical (unpaired) electrons. The van der Waals surface area contributed by atoms with E-state index in [0.717, 1.165) is 33.9 Å². The van der Waals surface area contributed by atoms with Crippen LogP contribution in [0.3, 0.4) is 0 Å². The summed E-state index contributed by atoms with van der Waals surface area (Å²) in [6.07, 6.45) is 1.13. The summed E-state index contributed by atoms with van der Waals surface area (Å²) in [4.78, 5) is 27.1. The third kappa shape index (κ3) is 5.25. The predicted molar refractivity (Wildman–Crippen MR) is 141 cm³/mol. The fourth-order valence-corrected chi connectivity index (χ4v) is 5.07. The molecule has 36 heavy (non-hydrogen) atoms. The number of carbonyl (C=O) groups excluding carboxylic acids is 2. The van der Waals surface area contributed by atoms with Crippen LogP contribution in [-0.2, 0) is 16.0 Å². The molecule has 0 aliphatic carbocycles. The first-order valence-corrected chi connectivity index (χ1v) is 12.2. The Bertz CT molecular complexity index is 1250. The molecule has 1 aliphatic heterocycles. The summed E-state index contributed by atoms with van der Waals surface area (Å²) >= 11 is 0. The quantitative estimate of drug-likeness (QED) is 0.534. The highest BCUT2D eigenvalue weighted by Gasteiger charge is 2.31. The number of nitrogens with one attached hydrogen (secondary N) is 1. The number of rotatable bonds is 7. The van der Waals surface area contributed by atoms with Crippen LogP contribution in [0.25, 0.3) is 21.9 Å². The van der Waals surface area contributed by atoms with Gasteiger partial charge in [-0.15, -0.1) is 0 Å². The molecule has 2 unspecified atom stereocenters. The Hall–Kier alpha value is -3.74. The van der Waals surface area contributed by atoms with Crippen LogP contribution in [0.2, 0.25) is 0 Å². The number of hydrogen-bond donors (Lipinski definition) is 1. The highest BCUT2D eigenvalue weighted by atomic mass is 16.5. The zero-order valence-electron chi connectivity index (χ0n) is 21.6. The standard InChI is InChI=1S/C29H34N2O5/c1-18-10-24(29(33)30-2)17-31(16-18)27(32)12-19-6-7-21-13-22(9-8-20(21)11-19)23-14-25(34-3)28(36-5)26(15-23)35-4/h6-9,11,13-15,18,24H,10,12,16-17H2,1-5H3,(H,30,33). The molecule has 3 aromatic carbocycles. The van der Waals surface area contributed by atoms with Crippen molar-refractivity contribution in [2.75, 3.05) is 41.5 Å². The molecule has 3 aromatic rings. The molecule has 2 amide bonds. The van der Waals surface area contributed by atoms with Gasteiger partial charge in [-0.25, -0.2) is 0 Å². The van der Waals surface area contributed by atoms with Gasteiger partial charge in [0.05, 0.1) is 33.7 Å². The Morgan fingerprint density at radius 3 is 2.19 bits per heavy atom. The Labute approximate surface area is 212 Å². The summed E-state index contributed by atoms with van der Waals surface area (Å²) in [7, 11) is 6.45. The van der Waals surface area contributed by atoms with Crippen molar-refractivity contribution in [2.24, 2.45) is 11.8 Å². The van der Waals surface area contributed by atoms with Gasteiger partial charge in [0.15, 0.2) is 11.5 Å². The molecule has 7 heteroatoms. The minimum Gasteiger partial charge on any atom is -0.493 e. The molecule has 1 N–H and O–H groups in total. The van der Waals surface area contributed by atoms with Crippen LogP contribution in [0, 0.1) is 11.8 Å². The zero-order chi connectivity index (χ0) is 25.8. The Balaban J connectivity index is 1.55. The molecular weight excluding hydrogens is 456 g/mol. The molecule has 0 spiro atoms. The topological polar surface area (TPSA) is 77.1 Å². The Morgan fingerprint density at radius 1 is 0.889 bits per heavy atom. The van der Waals surface area contributed by atoms with Crippen molar-refractivity contribution in [3.05, 3.63) is 54.1 Å². The number of hydrogen-bond acceptors (Lipinski definition) is 5. The van der Waals surface area contributed by atoms with Crippen LogP contribution in [0.15, 0.2) is 48.5 Å². The van der Waals surface area contributed by atoms with Crippen molar-refractivity contribution in [3.63, 3.8) is 0 Å². The van der Waals surface area contributed by atoms with Gasteiger partial charge in [0.25, 0.3) is 0 Å². The lowest BCUT2D eigenvalue weighted by Crippen LogP contribution is -2.48. The van der Waals surface area contributed by atoms with Crippen molar-refractivity contribution in [1.29, 1.82) is 0 Å². The molecule has 1 aliphatic rings. The SMILES string of the molecule is CNC(=O)C1CC(C)CN(C(=O)Cc2ccc3cc(-c4cc(OC)c(OC)c(OC)c4)ccc3c2)C1. The molecule has 0 bridgehead atoms. The van der Waals surface area contributed by atoms with E-state index in [0.29, 0.717) is 42.7 Å². The predicted octanol–water partition coefficient (Wildman–Crippen LogP) is 4.31. The lowest BCUT2D eigenvalue weighted by atomic mass is 9.89. The van der Waals surface area contributed by atoms with Crippen molar-refractivity contribution in [1.82, 2.24) is 10.2 Å². The molecule has 0 saturated carbocycles. The number of likely N-dealkylation sites (tertiary alicyclic amines) is 1. The third-order valence-corrected chi connectivity index (χ3v) is 6.89. The van der Waals surface area contributed by atoms with E-state index in [1.807, 2.05) is 29.2 Å². The van der Waals surface area contributed by atoms with Crippen LogP contribution in [-0.4, -0.2) is 58.2 Å². The minimum absolute atomic E-state index is 0.00737. The molecule has 190 valence electrons. The fraction of sp³-hybridized carbons (Fsp3) is 0.379. The summed E-state index contributed by atoms with van der Waals surface area (Å²) in [5, 5.41) is 4.86. The summed E-state index contributed by atoms with van der Waals surface area (Å²) < 4.78 is 16.4. The summed E-state index contributed by atoms with van der Waals surface area (Å²) in [6.45, 7) is 3.27. The molecule has 1 fully saturated rings. The minimum atomic E-state index is -0.145. The number of methoxy groups -OCH3 is 3. The monoisotopic (exact) mass is 490 g/mol. The summed E-state index contributed by atoms with van der Waals surface area (Å²) in [5.41, 5.74) is 2.94. The maximum Gasteiger partial charge on any atom is 0.227 e. The molecule has 7 nitrogen and oxygen atoms in total. The first-order valence-electron chi connectivity index (χ1n) is 12.2. The third-order valence-electron chi connectivity index (χ3n) is 6.89. The summed E-state index contributed by atoms with van der Waals surface area (Å²) in [5.74, 6) is 1.99. The van der Waals surface area contributed by atoms with Crippen molar-refractivity contribution >= 4 is 22.6 Å². The largest absolute Gasteiger partial charge is 0.493 e.